The molecule has 1 aliphatic heterocycles. The highest BCUT2D eigenvalue weighted by molar-refractivity contribution is 5.82. The van der Waals surface area contributed by atoms with Gasteiger partial charge in [0.15, 0.2) is 0 Å². The molecule has 0 aromatic rings. The Morgan fingerprint density at radius 3 is 2.65 bits per heavy atom. The van der Waals surface area contributed by atoms with Crippen LogP contribution in [-0.2, 0) is 4.79 Å². The van der Waals surface area contributed by atoms with E-state index >= 15 is 0 Å². The molecule has 7 heteroatoms. The quantitative estimate of drug-likeness (QED) is 0.743. The first-order valence-electron chi connectivity index (χ1n) is 5.33. The monoisotopic (exact) mass is 252 g/mol. The molecule has 2 N–H and O–H groups in total. The van der Waals surface area contributed by atoms with Crippen molar-refractivity contribution in [3.05, 3.63) is 11.9 Å². The van der Waals surface area contributed by atoms with Crippen LogP contribution in [0.15, 0.2) is 11.9 Å². The zero-order valence-electron chi connectivity index (χ0n) is 8.85. The summed E-state index contributed by atoms with van der Waals surface area (Å²) in [6.45, 7) is -0.716. The molecule has 2 fully saturated rings. The molecule has 1 saturated heterocycles. The van der Waals surface area contributed by atoms with Gasteiger partial charge in [-0.25, -0.2) is 4.39 Å². The molecule has 3 atom stereocenters. The summed E-state index contributed by atoms with van der Waals surface area (Å²) >= 11 is 0. The predicted octanol–water partition coefficient (Wildman–Crippen LogP) is 1.27. The van der Waals surface area contributed by atoms with Crippen molar-refractivity contribution >= 4 is 5.91 Å². The fourth-order valence-electron chi connectivity index (χ4n) is 2.05. The van der Waals surface area contributed by atoms with Crippen LogP contribution in [-0.4, -0.2) is 30.7 Å². The Bertz CT molecular complexity index is 343. The lowest BCUT2D eigenvalue weighted by atomic mass is 10.2. The van der Waals surface area contributed by atoms with Crippen LogP contribution in [0.1, 0.15) is 12.8 Å². The van der Waals surface area contributed by atoms with Crippen LogP contribution in [0.4, 0.5) is 17.6 Å². The second-order valence-corrected chi connectivity index (χ2v) is 4.41. The van der Waals surface area contributed by atoms with Gasteiger partial charge >= 0.3 is 6.18 Å². The van der Waals surface area contributed by atoms with E-state index in [0.717, 1.165) is 6.42 Å². The van der Waals surface area contributed by atoms with Gasteiger partial charge in [0.2, 0.25) is 5.91 Å². The van der Waals surface area contributed by atoms with Crippen LogP contribution in [0, 0.1) is 5.92 Å². The van der Waals surface area contributed by atoms with Gasteiger partial charge in [-0.05, 0) is 18.8 Å². The van der Waals surface area contributed by atoms with Gasteiger partial charge in [0.1, 0.15) is 5.83 Å². The summed E-state index contributed by atoms with van der Waals surface area (Å²) in [4.78, 5) is 11.4. The van der Waals surface area contributed by atoms with Gasteiger partial charge in [-0.3, -0.25) is 4.79 Å². The Morgan fingerprint density at radius 2 is 2.12 bits per heavy atom. The maximum Gasteiger partial charge on any atom is 0.412 e. The van der Waals surface area contributed by atoms with Crippen molar-refractivity contribution < 1.29 is 22.4 Å². The highest BCUT2D eigenvalue weighted by atomic mass is 19.4. The lowest BCUT2D eigenvalue weighted by Gasteiger charge is -2.12. The lowest BCUT2D eigenvalue weighted by molar-refractivity contribution is -0.123. The third-order valence-electron chi connectivity index (χ3n) is 2.94. The van der Waals surface area contributed by atoms with E-state index in [1.165, 1.54) is 0 Å². The second kappa shape index (κ2) is 4.29. The minimum absolute atomic E-state index is 0.362. The summed E-state index contributed by atoms with van der Waals surface area (Å²) in [7, 11) is 0. The van der Waals surface area contributed by atoms with Crippen molar-refractivity contribution in [1.82, 2.24) is 10.6 Å². The van der Waals surface area contributed by atoms with Gasteiger partial charge in [0.25, 0.3) is 0 Å². The topological polar surface area (TPSA) is 41.1 Å². The summed E-state index contributed by atoms with van der Waals surface area (Å²) in [6.07, 6.45) is -3.41. The van der Waals surface area contributed by atoms with Crippen LogP contribution in [0.2, 0.25) is 0 Å². The SMILES string of the molecule is O=C(NCC(F)=CC(F)(F)F)C1CC2CC2N1. The van der Waals surface area contributed by atoms with Crippen LogP contribution in [0.25, 0.3) is 0 Å². The molecule has 3 unspecified atom stereocenters. The molecule has 0 aromatic carbocycles. The van der Waals surface area contributed by atoms with Gasteiger partial charge in [-0.2, -0.15) is 13.2 Å². The Kier molecular flexibility index (Phi) is 3.11. The highest BCUT2D eigenvalue weighted by Gasteiger charge is 2.47. The second-order valence-electron chi connectivity index (χ2n) is 4.41. The number of nitrogens with one attached hydrogen (secondary N) is 2. The summed E-state index contributed by atoms with van der Waals surface area (Å²) < 4.78 is 48.0. The zero-order chi connectivity index (χ0) is 12.6. The molecule has 2 rings (SSSR count). The number of halogens is 4. The number of alkyl halides is 3. The minimum atomic E-state index is -4.69. The summed E-state index contributed by atoms with van der Waals surface area (Å²) in [5.41, 5.74) is 0. The fourth-order valence-corrected chi connectivity index (χ4v) is 2.05. The molecule has 17 heavy (non-hydrogen) atoms. The van der Waals surface area contributed by atoms with E-state index in [2.05, 4.69) is 10.6 Å². The summed E-state index contributed by atoms with van der Waals surface area (Å²) in [5, 5.41) is 5.17. The standard InChI is InChI=1S/C10H12F4N2O/c11-6(3-10(12,13)14)4-15-9(17)8-2-5-1-7(5)16-8/h3,5,7-8,16H,1-2,4H2,(H,15,17). The number of allylic oxidation sites excluding steroid dienone is 1. The lowest BCUT2D eigenvalue weighted by Crippen LogP contribution is -2.42. The Hall–Kier alpha value is -1.11. The first-order chi connectivity index (χ1) is 7.85. The Labute approximate surface area is 95.2 Å². The smallest absolute Gasteiger partial charge is 0.348 e. The normalized spacial score (nSPS) is 32.2. The molecule has 1 aliphatic carbocycles. The number of fused-ring (bicyclic) bond motifs is 1. The molecule has 3 nitrogen and oxygen atoms in total. The van der Waals surface area contributed by atoms with E-state index in [0.29, 0.717) is 18.4 Å². The third kappa shape index (κ3) is 3.42. The van der Waals surface area contributed by atoms with Crippen LogP contribution >= 0.6 is 0 Å². The molecular weight excluding hydrogens is 240 g/mol. The molecule has 1 saturated carbocycles. The van der Waals surface area contributed by atoms with Crippen LogP contribution in [0.3, 0.4) is 0 Å². The number of piperidine rings is 1. The van der Waals surface area contributed by atoms with E-state index in [1.807, 2.05) is 0 Å². The van der Waals surface area contributed by atoms with Crippen molar-refractivity contribution in [2.75, 3.05) is 6.54 Å². The van der Waals surface area contributed by atoms with Crippen molar-refractivity contribution in [2.24, 2.45) is 5.92 Å². The number of carbonyl (C=O) groups excluding carboxylic acids is 1. The minimum Gasteiger partial charge on any atom is -0.348 e. The molecule has 2 aliphatic rings. The van der Waals surface area contributed by atoms with Gasteiger partial charge in [0, 0.05) is 6.04 Å². The highest BCUT2D eigenvalue weighted by Crippen LogP contribution is 2.40. The van der Waals surface area contributed by atoms with E-state index in [9.17, 15) is 22.4 Å². The van der Waals surface area contributed by atoms with Crippen molar-refractivity contribution in [1.29, 1.82) is 0 Å². The molecule has 0 radical (unpaired) electrons. The van der Waals surface area contributed by atoms with E-state index in [4.69, 9.17) is 0 Å². The van der Waals surface area contributed by atoms with E-state index in [1.54, 1.807) is 0 Å². The van der Waals surface area contributed by atoms with Gasteiger partial charge in [-0.1, -0.05) is 0 Å². The number of rotatable bonds is 3. The van der Waals surface area contributed by atoms with Crippen molar-refractivity contribution in [3.63, 3.8) is 0 Å². The molecule has 1 amide bonds. The third-order valence-corrected chi connectivity index (χ3v) is 2.94. The van der Waals surface area contributed by atoms with E-state index in [-0.39, 0.29) is 0 Å². The summed E-state index contributed by atoms with van der Waals surface area (Å²) in [6, 6.07) is -0.0289. The molecule has 96 valence electrons. The zero-order valence-corrected chi connectivity index (χ0v) is 8.85. The first-order valence-corrected chi connectivity index (χ1v) is 5.33. The number of hydrogen-bond donors (Lipinski definition) is 2. The van der Waals surface area contributed by atoms with Gasteiger partial charge in [-0.15, -0.1) is 0 Å². The molecule has 0 aromatic heterocycles. The van der Waals surface area contributed by atoms with Gasteiger partial charge in [0.05, 0.1) is 18.7 Å². The number of hydrogen-bond acceptors (Lipinski definition) is 2. The largest absolute Gasteiger partial charge is 0.412 e. The van der Waals surface area contributed by atoms with Crippen LogP contribution in [0.5, 0.6) is 0 Å². The fraction of sp³-hybridized carbons (Fsp3) is 0.700. The van der Waals surface area contributed by atoms with E-state index < -0.39 is 36.6 Å². The van der Waals surface area contributed by atoms with Gasteiger partial charge < -0.3 is 10.6 Å². The predicted molar refractivity (Wildman–Crippen MR) is 51.7 cm³/mol. The van der Waals surface area contributed by atoms with Crippen molar-refractivity contribution in [2.45, 2.75) is 31.1 Å². The van der Waals surface area contributed by atoms with Crippen molar-refractivity contribution in [3.8, 4) is 0 Å². The van der Waals surface area contributed by atoms with Crippen LogP contribution < -0.4 is 10.6 Å². The molecule has 0 spiro atoms. The Balaban J connectivity index is 1.74. The maximum absolute atomic E-state index is 12.7. The maximum atomic E-state index is 12.7. The average molecular weight is 252 g/mol. The number of amides is 1. The summed E-state index contributed by atoms with van der Waals surface area (Å²) in [5.74, 6) is -1.33. The first kappa shape index (κ1) is 12.3. The molecular formula is C10H12F4N2O. The Morgan fingerprint density at radius 1 is 1.41 bits per heavy atom. The number of carbonyl (C=O) groups is 1. The average Bonchev–Trinajstić information content (AvgIpc) is 2.80. The molecule has 0 bridgehead atoms. The molecule has 1 heterocycles.